The van der Waals surface area contributed by atoms with Crippen LogP contribution in [0.25, 0.3) is 11.0 Å². The van der Waals surface area contributed by atoms with Gasteiger partial charge < -0.3 is 14.2 Å². The predicted octanol–water partition coefficient (Wildman–Crippen LogP) is 6.68. The average Bonchev–Trinajstić information content (AvgIpc) is 3.08. The van der Waals surface area contributed by atoms with Crippen LogP contribution in [0.15, 0.2) is 30.3 Å². The molecule has 28 heavy (non-hydrogen) atoms. The van der Waals surface area contributed by atoms with Crippen molar-refractivity contribution in [3.05, 3.63) is 51.0 Å². The number of rotatable bonds is 5. The summed E-state index contributed by atoms with van der Waals surface area (Å²) >= 11 is 19.1. The van der Waals surface area contributed by atoms with Crippen LogP contribution >= 0.6 is 34.8 Å². The number of nitrogens with zero attached hydrogens (tertiary/aromatic N) is 3. The molecule has 1 aliphatic heterocycles. The lowest BCUT2D eigenvalue weighted by atomic mass is 9.96. The lowest BCUT2D eigenvalue weighted by Crippen LogP contribution is -2.28. The van der Waals surface area contributed by atoms with Crippen molar-refractivity contribution in [3.63, 3.8) is 0 Å². The fourth-order valence-corrected chi connectivity index (χ4v) is 4.72. The van der Waals surface area contributed by atoms with Crippen LogP contribution in [0.1, 0.15) is 31.2 Å². The molecule has 1 unspecified atom stereocenters. The minimum absolute atomic E-state index is 0.292. The van der Waals surface area contributed by atoms with Gasteiger partial charge in [-0.25, -0.2) is 4.98 Å². The molecule has 0 spiro atoms. The Morgan fingerprint density at radius 2 is 1.93 bits per heavy atom. The standard InChI is InChI=1S/C21H22Cl3N3O/c1-3-13(12-28-2)15-6-7-16(23)19-20(15)27-10-4-9-26(21(27)25-19)18-8-5-14(22)11-17(18)24/h5-8,11,13H,3-4,9-10,12H2,1-2H3. The monoisotopic (exact) mass is 437 g/mol. The van der Waals surface area contributed by atoms with Crippen LogP contribution in [0.2, 0.25) is 15.1 Å². The molecule has 0 saturated heterocycles. The highest BCUT2D eigenvalue weighted by molar-refractivity contribution is 6.36. The Hall–Kier alpha value is -1.46. The first-order valence-corrected chi connectivity index (χ1v) is 10.6. The summed E-state index contributed by atoms with van der Waals surface area (Å²) in [5.74, 6) is 1.16. The van der Waals surface area contributed by atoms with Crippen LogP contribution < -0.4 is 4.90 Å². The van der Waals surface area contributed by atoms with Crippen molar-refractivity contribution >= 4 is 57.5 Å². The van der Waals surface area contributed by atoms with E-state index in [0.29, 0.717) is 27.6 Å². The van der Waals surface area contributed by atoms with Gasteiger partial charge in [0.25, 0.3) is 0 Å². The first-order valence-electron chi connectivity index (χ1n) is 9.45. The number of imidazole rings is 1. The smallest absolute Gasteiger partial charge is 0.211 e. The molecule has 0 fully saturated rings. The number of fused-ring (bicyclic) bond motifs is 3. The van der Waals surface area contributed by atoms with Crippen LogP contribution in [0.3, 0.4) is 0 Å². The molecule has 0 saturated carbocycles. The van der Waals surface area contributed by atoms with Crippen molar-refractivity contribution in [2.45, 2.75) is 32.2 Å². The van der Waals surface area contributed by atoms with Gasteiger partial charge in [0.15, 0.2) is 0 Å². The van der Waals surface area contributed by atoms with E-state index < -0.39 is 0 Å². The molecule has 3 aromatic rings. The molecule has 0 aliphatic carbocycles. The van der Waals surface area contributed by atoms with Gasteiger partial charge in [-0.2, -0.15) is 0 Å². The quantitative estimate of drug-likeness (QED) is 0.445. The third-order valence-electron chi connectivity index (χ3n) is 5.36. The molecule has 7 heteroatoms. The molecule has 2 aromatic carbocycles. The van der Waals surface area contributed by atoms with Crippen molar-refractivity contribution in [2.75, 3.05) is 25.2 Å². The Labute approximate surface area is 180 Å². The van der Waals surface area contributed by atoms with Crippen LogP contribution in [-0.4, -0.2) is 29.8 Å². The zero-order valence-electron chi connectivity index (χ0n) is 15.9. The molecule has 0 radical (unpaired) electrons. The number of methoxy groups -OCH3 is 1. The third-order valence-corrected chi connectivity index (χ3v) is 6.21. The molecular weight excluding hydrogens is 417 g/mol. The molecule has 0 N–H and O–H groups in total. The van der Waals surface area contributed by atoms with E-state index in [4.69, 9.17) is 44.5 Å². The molecular formula is C21H22Cl3N3O. The van der Waals surface area contributed by atoms with E-state index in [1.54, 1.807) is 13.2 Å². The zero-order valence-corrected chi connectivity index (χ0v) is 18.2. The lowest BCUT2D eigenvalue weighted by molar-refractivity contribution is 0.178. The van der Waals surface area contributed by atoms with E-state index in [1.165, 1.54) is 5.56 Å². The second-order valence-corrected chi connectivity index (χ2v) is 8.31. The summed E-state index contributed by atoms with van der Waals surface area (Å²) in [6, 6.07) is 9.62. The maximum absolute atomic E-state index is 6.55. The molecule has 2 heterocycles. The average molecular weight is 439 g/mol. The van der Waals surface area contributed by atoms with Crippen molar-refractivity contribution in [3.8, 4) is 0 Å². The fraction of sp³-hybridized carbons (Fsp3) is 0.381. The first-order chi connectivity index (χ1) is 13.5. The van der Waals surface area contributed by atoms with Gasteiger partial charge in [-0.15, -0.1) is 0 Å². The number of aryl methyl sites for hydroxylation is 1. The summed E-state index contributed by atoms with van der Waals surface area (Å²) in [6.07, 6.45) is 1.97. The normalized spacial score (nSPS) is 15.1. The van der Waals surface area contributed by atoms with E-state index in [1.807, 2.05) is 18.2 Å². The first kappa shape index (κ1) is 19.8. The van der Waals surface area contributed by atoms with E-state index in [9.17, 15) is 0 Å². The predicted molar refractivity (Wildman–Crippen MR) is 118 cm³/mol. The highest BCUT2D eigenvalue weighted by atomic mass is 35.5. The van der Waals surface area contributed by atoms with E-state index in [0.717, 1.165) is 48.6 Å². The Balaban J connectivity index is 1.91. The maximum Gasteiger partial charge on any atom is 0.211 e. The minimum atomic E-state index is 0.292. The Morgan fingerprint density at radius 1 is 1.11 bits per heavy atom. The Kier molecular flexibility index (Phi) is 5.75. The van der Waals surface area contributed by atoms with E-state index in [-0.39, 0.29) is 0 Å². The number of anilines is 2. The minimum Gasteiger partial charge on any atom is -0.384 e. The van der Waals surface area contributed by atoms with Crippen LogP contribution in [0, 0.1) is 0 Å². The van der Waals surface area contributed by atoms with Gasteiger partial charge in [0.2, 0.25) is 5.95 Å². The molecule has 4 rings (SSSR count). The molecule has 1 atom stereocenters. The SMILES string of the molecule is CCC(COC)c1ccc(Cl)c2nc3n(c12)CCCN3c1ccc(Cl)cc1Cl. The Morgan fingerprint density at radius 3 is 2.64 bits per heavy atom. The summed E-state index contributed by atoms with van der Waals surface area (Å²) in [5.41, 5.74) is 4.07. The van der Waals surface area contributed by atoms with Crippen molar-refractivity contribution in [2.24, 2.45) is 0 Å². The third kappa shape index (κ3) is 3.37. The molecule has 148 valence electrons. The molecule has 1 aromatic heterocycles. The largest absolute Gasteiger partial charge is 0.384 e. The highest BCUT2D eigenvalue weighted by Gasteiger charge is 2.27. The van der Waals surface area contributed by atoms with Gasteiger partial charge in [-0.3, -0.25) is 0 Å². The topological polar surface area (TPSA) is 30.3 Å². The van der Waals surface area contributed by atoms with Crippen LogP contribution in [0.4, 0.5) is 11.6 Å². The van der Waals surface area contributed by atoms with Crippen molar-refractivity contribution in [1.82, 2.24) is 9.55 Å². The highest BCUT2D eigenvalue weighted by Crippen LogP contribution is 2.40. The summed E-state index contributed by atoms with van der Waals surface area (Å²) in [4.78, 5) is 7.09. The van der Waals surface area contributed by atoms with Crippen molar-refractivity contribution in [1.29, 1.82) is 0 Å². The number of benzene rings is 2. The maximum atomic E-state index is 6.55. The summed E-state index contributed by atoms with van der Waals surface area (Å²) in [6.45, 7) is 4.58. The van der Waals surface area contributed by atoms with Gasteiger partial charge in [0.1, 0.15) is 5.52 Å². The Bertz CT molecular complexity index is 1020. The van der Waals surface area contributed by atoms with Gasteiger partial charge in [0, 0.05) is 31.1 Å². The number of ether oxygens (including phenoxy) is 1. The van der Waals surface area contributed by atoms with Crippen molar-refractivity contribution < 1.29 is 4.74 Å². The van der Waals surface area contributed by atoms with Gasteiger partial charge >= 0.3 is 0 Å². The molecule has 0 bridgehead atoms. The number of halogens is 3. The number of hydrogen-bond acceptors (Lipinski definition) is 3. The van der Waals surface area contributed by atoms with Crippen LogP contribution in [-0.2, 0) is 11.3 Å². The molecule has 1 aliphatic rings. The number of aromatic nitrogens is 2. The van der Waals surface area contributed by atoms with Gasteiger partial charge in [0.05, 0.1) is 27.9 Å². The molecule has 0 amide bonds. The summed E-state index contributed by atoms with van der Waals surface area (Å²) < 4.78 is 7.73. The van der Waals surface area contributed by atoms with Gasteiger partial charge in [-0.1, -0.05) is 47.8 Å². The lowest BCUT2D eigenvalue weighted by Gasteiger charge is -2.30. The number of hydrogen-bond donors (Lipinski definition) is 0. The summed E-state index contributed by atoms with van der Waals surface area (Å²) in [7, 11) is 1.74. The van der Waals surface area contributed by atoms with Crippen LogP contribution in [0.5, 0.6) is 0 Å². The zero-order chi connectivity index (χ0) is 19.8. The molecule has 4 nitrogen and oxygen atoms in total. The van der Waals surface area contributed by atoms with Gasteiger partial charge in [-0.05, 0) is 42.7 Å². The van der Waals surface area contributed by atoms with E-state index >= 15 is 0 Å². The van der Waals surface area contributed by atoms with E-state index in [2.05, 4.69) is 22.5 Å². The summed E-state index contributed by atoms with van der Waals surface area (Å²) in [5, 5.41) is 1.90. The fourth-order valence-electron chi connectivity index (χ4n) is 4.01. The second-order valence-electron chi connectivity index (χ2n) is 7.06. The second kappa shape index (κ2) is 8.11.